The fourth-order valence-electron chi connectivity index (χ4n) is 2.64. The third-order valence-corrected chi connectivity index (χ3v) is 5.78. The summed E-state index contributed by atoms with van der Waals surface area (Å²) in [5.41, 5.74) is 0.340. The van der Waals surface area contributed by atoms with E-state index in [2.05, 4.69) is 5.32 Å². The van der Waals surface area contributed by atoms with E-state index in [1.54, 1.807) is 24.3 Å². The molecule has 0 aliphatic carbocycles. The summed E-state index contributed by atoms with van der Waals surface area (Å²) in [6, 6.07) is 19.6. The molecule has 1 atom stereocenters. The number of benzene rings is 3. The number of anilines is 1. The Morgan fingerprint density at radius 2 is 1.56 bits per heavy atom. The second kappa shape index (κ2) is 9.84. The Morgan fingerprint density at radius 3 is 2.19 bits per heavy atom. The van der Waals surface area contributed by atoms with Gasteiger partial charge in [-0.3, -0.25) is 4.79 Å². The molecule has 1 amide bonds. The van der Waals surface area contributed by atoms with Gasteiger partial charge in [0.1, 0.15) is 11.5 Å². The number of sulfone groups is 1. The first-order valence-corrected chi connectivity index (χ1v) is 11.7. The van der Waals surface area contributed by atoms with Crippen molar-refractivity contribution in [2.24, 2.45) is 0 Å². The number of ether oxygens (including phenoxy) is 2. The lowest BCUT2D eigenvalue weighted by molar-refractivity contribution is -0.123. The van der Waals surface area contributed by atoms with Crippen molar-refractivity contribution in [1.82, 2.24) is 0 Å². The summed E-state index contributed by atoms with van der Waals surface area (Å²) in [7, 11) is -3.54. The SMILES string of the molecule is C[C@H](OC(=O)c1cc(S(C)(=O)=O)ccc1Cl)C(=O)Nc1ccc(Oc2ccccc2)cc1. The molecule has 1 N–H and O–H groups in total. The maximum atomic E-state index is 12.4. The van der Waals surface area contributed by atoms with Gasteiger partial charge in [0.25, 0.3) is 5.91 Å². The predicted molar refractivity (Wildman–Crippen MR) is 121 cm³/mol. The summed E-state index contributed by atoms with van der Waals surface area (Å²) in [6.45, 7) is 1.40. The van der Waals surface area contributed by atoms with E-state index in [0.717, 1.165) is 12.3 Å². The minimum absolute atomic E-state index is 0.0176. The summed E-state index contributed by atoms with van der Waals surface area (Å²) >= 11 is 6.00. The van der Waals surface area contributed by atoms with Crippen LogP contribution < -0.4 is 10.1 Å². The molecule has 7 nitrogen and oxygen atoms in total. The normalized spacial score (nSPS) is 12.0. The highest BCUT2D eigenvalue weighted by Gasteiger charge is 2.22. The van der Waals surface area contributed by atoms with E-state index in [1.807, 2.05) is 30.3 Å². The van der Waals surface area contributed by atoms with Crippen LogP contribution in [0.1, 0.15) is 17.3 Å². The molecule has 0 unspecified atom stereocenters. The third kappa shape index (κ3) is 6.09. The van der Waals surface area contributed by atoms with E-state index >= 15 is 0 Å². The highest BCUT2D eigenvalue weighted by molar-refractivity contribution is 7.90. The smallest absolute Gasteiger partial charge is 0.340 e. The van der Waals surface area contributed by atoms with E-state index < -0.39 is 27.8 Å². The number of nitrogens with one attached hydrogen (secondary N) is 1. The van der Waals surface area contributed by atoms with Crippen molar-refractivity contribution in [1.29, 1.82) is 0 Å². The van der Waals surface area contributed by atoms with E-state index in [-0.39, 0.29) is 15.5 Å². The zero-order valence-corrected chi connectivity index (χ0v) is 18.8. The minimum Gasteiger partial charge on any atom is -0.457 e. The average molecular weight is 474 g/mol. The lowest BCUT2D eigenvalue weighted by Gasteiger charge is -2.15. The molecular formula is C23H20ClNO6S. The van der Waals surface area contributed by atoms with Gasteiger partial charge < -0.3 is 14.8 Å². The lowest BCUT2D eigenvalue weighted by Crippen LogP contribution is -2.30. The van der Waals surface area contributed by atoms with Crippen LogP contribution in [-0.4, -0.2) is 32.7 Å². The summed E-state index contributed by atoms with van der Waals surface area (Å²) in [6.07, 6.45) is -0.141. The van der Waals surface area contributed by atoms with Crippen LogP contribution in [0.3, 0.4) is 0 Å². The van der Waals surface area contributed by atoms with Crippen LogP contribution in [0.4, 0.5) is 5.69 Å². The molecule has 32 heavy (non-hydrogen) atoms. The van der Waals surface area contributed by atoms with Crippen LogP contribution in [0.25, 0.3) is 0 Å². The van der Waals surface area contributed by atoms with Gasteiger partial charge in [-0.25, -0.2) is 13.2 Å². The lowest BCUT2D eigenvalue weighted by atomic mass is 10.2. The maximum Gasteiger partial charge on any atom is 0.340 e. The molecule has 0 saturated carbocycles. The largest absolute Gasteiger partial charge is 0.457 e. The average Bonchev–Trinajstić information content (AvgIpc) is 2.75. The highest BCUT2D eigenvalue weighted by Crippen LogP contribution is 2.24. The zero-order valence-electron chi connectivity index (χ0n) is 17.2. The van der Waals surface area contributed by atoms with Gasteiger partial charge >= 0.3 is 5.97 Å². The van der Waals surface area contributed by atoms with Crippen molar-refractivity contribution in [2.75, 3.05) is 11.6 Å². The van der Waals surface area contributed by atoms with Crippen LogP contribution in [0.2, 0.25) is 5.02 Å². The van der Waals surface area contributed by atoms with Crippen LogP contribution in [0, 0.1) is 0 Å². The molecular weight excluding hydrogens is 454 g/mol. The number of hydrogen-bond acceptors (Lipinski definition) is 6. The van der Waals surface area contributed by atoms with Crippen molar-refractivity contribution >= 4 is 39.0 Å². The van der Waals surface area contributed by atoms with Gasteiger partial charge in [-0.15, -0.1) is 0 Å². The van der Waals surface area contributed by atoms with E-state index in [4.69, 9.17) is 21.1 Å². The van der Waals surface area contributed by atoms with Crippen LogP contribution in [0.5, 0.6) is 11.5 Å². The first-order chi connectivity index (χ1) is 15.1. The molecule has 0 spiro atoms. The van der Waals surface area contributed by atoms with Crippen LogP contribution in [-0.2, 0) is 19.4 Å². The second-order valence-corrected chi connectivity index (χ2v) is 9.31. The molecule has 3 aromatic rings. The fourth-order valence-corrected chi connectivity index (χ4v) is 3.49. The van der Waals surface area contributed by atoms with Crippen molar-refractivity contribution < 1.29 is 27.5 Å². The topological polar surface area (TPSA) is 98.8 Å². The van der Waals surface area contributed by atoms with Crippen molar-refractivity contribution in [3.63, 3.8) is 0 Å². The van der Waals surface area contributed by atoms with Gasteiger partial charge in [0, 0.05) is 11.9 Å². The van der Waals surface area contributed by atoms with Crippen molar-refractivity contribution in [3.05, 3.63) is 83.4 Å². The Kier molecular flexibility index (Phi) is 7.17. The molecule has 0 saturated heterocycles. The fraction of sp³-hybridized carbons (Fsp3) is 0.130. The Balaban J connectivity index is 1.62. The first kappa shape index (κ1) is 23.3. The summed E-state index contributed by atoms with van der Waals surface area (Å²) in [5.74, 6) is -0.197. The molecule has 9 heteroatoms. The van der Waals surface area contributed by atoms with Gasteiger partial charge in [-0.1, -0.05) is 29.8 Å². The molecule has 166 valence electrons. The van der Waals surface area contributed by atoms with Crippen LogP contribution in [0.15, 0.2) is 77.7 Å². The number of halogens is 1. The number of rotatable bonds is 7. The Hall–Kier alpha value is -3.36. The molecule has 0 aromatic heterocycles. The Bertz CT molecular complexity index is 1230. The molecule has 0 aliphatic rings. The predicted octanol–water partition coefficient (Wildman–Crippen LogP) is 4.72. The van der Waals surface area contributed by atoms with Gasteiger partial charge in [-0.2, -0.15) is 0 Å². The van der Waals surface area contributed by atoms with Crippen molar-refractivity contribution in [2.45, 2.75) is 17.9 Å². The number of para-hydroxylation sites is 1. The first-order valence-electron chi connectivity index (χ1n) is 9.48. The van der Waals surface area contributed by atoms with Gasteiger partial charge in [-0.05, 0) is 61.5 Å². The molecule has 0 radical (unpaired) electrons. The number of amides is 1. The van der Waals surface area contributed by atoms with Gasteiger partial charge in [0.15, 0.2) is 15.9 Å². The maximum absolute atomic E-state index is 12.4. The molecule has 3 aromatic carbocycles. The number of carbonyl (C=O) groups excluding carboxylic acids is 2. The molecule has 0 fully saturated rings. The van der Waals surface area contributed by atoms with Gasteiger partial charge in [0.05, 0.1) is 15.5 Å². The van der Waals surface area contributed by atoms with Crippen molar-refractivity contribution in [3.8, 4) is 11.5 Å². The molecule has 0 aliphatic heterocycles. The quantitative estimate of drug-likeness (QED) is 0.498. The van der Waals surface area contributed by atoms with E-state index in [1.165, 1.54) is 19.1 Å². The standard InChI is InChI=1S/C23H20ClNO6S/c1-15(30-23(27)20-14-19(32(2,28)29)12-13-21(20)24)22(26)25-16-8-10-18(11-9-16)31-17-6-4-3-5-7-17/h3-15H,1-2H3,(H,25,26)/t15-/m0/s1. The molecule has 3 rings (SSSR count). The number of hydrogen-bond donors (Lipinski definition) is 1. The summed E-state index contributed by atoms with van der Waals surface area (Å²) < 4.78 is 34.3. The van der Waals surface area contributed by atoms with Gasteiger partial charge in [0.2, 0.25) is 0 Å². The van der Waals surface area contributed by atoms with E-state index in [0.29, 0.717) is 17.2 Å². The monoisotopic (exact) mass is 473 g/mol. The molecule has 0 heterocycles. The number of esters is 1. The molecule has 0 bridgehead atoms. The summed E-state index contributed by atoms with van der Waals surface area (Å²) in [5, 5.41) is 2.66. The third-order valence-electron chi connectivity index (χ3n) is 4.34. The second-order valence-electron chi connectivity index (χ2n) is 6.89. The number of carbonyl (C=O) groups is 2. The Morgan fingerprint density at radius 1 is 0.938 bits per heavy atom. The zero-order chi connectivity index (χ0) is 23.3. The van der Waals surface area contributed by atoms with E-state index in [9.17, 15) is 18.0 Å². The Labute approximate surface area is 190 Å². The minimum atomic E-state index is -3.54. The summed E-state index contributed by atoms with van der Waals surface area (Å²) in [4.78, 5) is 24.8. The highest BCUT2D eigenvalue weighted by atomic mass is 35.5. The van der Waals surface area contributed by atoms with Crippen LogP contribution >= 0.6 is 11.6 Å².